The molecule has 0 aliphatic carbocycles. The first-order chi connectivity index (χ1) is 13.6. The lowest BCUT2D eigenvalue weighted by molar-refractivity contribution is -0.131. The number of carbonyl (C=O) groups is 2. The molecule has 28 heavy (non-hydrogen) atoms. The van der Waals surface area contributed by atoms with Gasteiger partial charge in [-0.25, -0.2) is 5.43 Å². The van der Waals surface area contributed by atoms with E-state index < -0.39 is 5.54 Å². The van der Waals surface area contributed by atoms with Gasteiger partial charge in [-0.15, -0.1) is 0 Å². The number of benzene rings is 2. The third kappa shape index (κ3) is 5.84. The highest BCUT2D eigenvalue weighted by Gasteiger charge is 2.41. The summed E-state index contributed by atoms with van der Waals surface area (Å²) in [7, 11) is 0. The maximum absolute atomic E-state index is 13.0. The second-order valence-corrected chi connectivity index (χ2v) is 6.72. The van der Waals surface area contributed by atoms with Gasteiger partial charge in [0.25, 0.3) is 0 Å². The summed E-state index contributed by atoms with van der Waals surface area (Å²) in [6.07, 6.45) is 9.30. The third-order valence-corrected chi connectivity index (χ3v) is 4.70. The van der Waals surface area contributed by atoms with Crippen molar-refractivity contribution < 1.29 is 9.59 Å². The van der Waals surface area contributed by atoms with E-state index in [4.69, 9.17) is 5.84 Å². The minimum absolute atomic E-state index is 0.335. The lowest BCUT2D eigenvalue weighted by Gasteiger charge is -2.28. The van der Waals surface area contributed by atoms with Crippen molar-refractivity contribution in [1.29, 1.82) is 0 Å². The number of ketones is 2. The summed E-state index contributed by atoms with van der Waals surface area (Å²) in [6.45, 7) is 2.08. The van der Waals surface area contributed by atoms with Gasteiger partial charge in [-0.05, 0) is 29.7 Å². The van der Waals surface area contributed by atoms with Gasteiger partial charge in [-0.2, -0.15) is 0 Å². The Bertz CT molecular complexity index is 750. The van der Waals surface area contributed by atoms with Crippen LogP contribution in [0.25, 0.3) is 12.2 Å². The van der Waals surface area contributed by atoms with E-state index in [1.807, 2.05) is 60.7 Å². The summed E-state index contributed by atoms with van der Waals surface area (Å²) in [5.74, 6) is 5.10. The Morgan fingerprint density at radius 3 is 1.71 bits per heavy atom. The Labute approximate surface area is 167 Å². The zero-order chi connectivity index (χ0) is 20.2. The first-order valence-electron chi connectivity index (χ1n) is 9.65. The Balaban J connectivity index is 2.26. The monoisotopic (exact) mass is 376 g/mol. The van der Waals surface area contributed by atoms with E-state index in [2.05, 4.69) is 12.3 Å². The van der Waals surface area contributed by atoms with E-state index in [1.165, 1.54) is 12.2 Å². The smallest absolute Gasteiger partial charge is 0.184 e. The first kappa shape index (κ1) is 21.5. The van der Waals surface area contributed by atoms with Crippen LogP contribution in [0.2, 0.25) is 0 Å². The van der Waals surface area contributed by atoms with E-state index in [0.29, 0.717) is 6.42 Å². The molecule has 2 aromatic rings. The molecule has 0 saturated carbocycles. The molecule has 0 aromatic heterocycles. The molecule has 0 saturated heterocycles. The van der Waals surface area contributed by atoms with Crippen molar-refractivity contribution in [3.05, 3.63) is 83.9 Å². The van der Waals surface area contributed by atoms with E-state index in [9.17, 15) is 9.59 Å². The maximum Gasteiger partial charge on any atom is 0.184 e. The predicted octanol–water partition coefficient (Wildman–Crippen LogP) is 4.33. The lowest BCUT2D eigenvalue weighted by atomic mass is 9.83. The summed E-state index contributed by atoms with van der Waals surface area (Å²) in [4.78, 5) is 26.1. The topological polar surface area (TPSA) is 72.2 Å². The van der Waals surface area contributed by atoms with Crippen LogP contribution >= 0.6 is 0 Å². The van der Waals surface area contributed by atoms with Crippen LogP contribution in [-0.4, -0.2) is 17.1 Å². The lowest BCUT2D eigenvalue weighted by Crippen LogP contribution is -2.60. The van der Waals surface area contributed by atoms with Gasteiger partial charge in [0.15, 0.2) is 17.1 Å². The third-order valence-electron chi connectivity index (χ3n) is 4.70. The first-order valence-corrected chi connectivity index (χ1v) is 9.65. The van der Waals surface area contributed by atoms with E-state index >= 15 is 0 Å². The van der Waals surface area contributed by atoms with Crippen molar-refractivity contribution in [2.45, 2.75) is 38.1 Å². The van der Waals surface area contributed by atoms with Gasteiger partial charge in [0.1, 0.15) is 0 Å². The molecule has 4 heteroatoms. The number of hydrogen-bond donors (Lipinski definition) is 2. The molecule has 0 aliphatic rings. The second kappa shape index (κ2) is 11.1. The van der Waals surface area contributed by atoms with Crippen LogP contribution < -0.4 is 11.3 Å². The fourth-order valence-corrected chi connectivity index (χ4v) is 2.98. The predicted molar refractivity (Wildman–Crippen MR) is 115 cm³/mol. The quantitative estimate of drug-likeness (QED) is 0.201. The number of unbranched alkanes of at least 4 members (excludes halogenated alkanes) is 2. The highest BCUT2D eigenvalue weighted by molar-refractivity contribution is 6.21. The molecule has 3 N–H and O–H groups in total. The normalized spacial score (nSPS) is 13.6. The number of carbonyl (C=O) groups excluding carboxylic acids is 2. The second-order valence-electron chi connectivity index (χ2n) is 6.72. The van der Waals surface area contributed by atoms with Crippen LogP contribution in [0.4, 0.5) is 0 Å². The van der Waals surface area contributed by atoms with Gasteiger partial charge in [0.05, 0.1) is 0 Å². The van der Waals surface area contributed by atoms with Gasteiger partial charge in [-0.1, -0.05) is 99.0 Å². The van der Waals surface area contributed by atoms with Crippen molar-refractivity contribution >= 4 is 23.7 Å². The molecular formula is C24H28N2O2. The summed E-state index contributed by atoms with van der Waals surface area (Å²) < 4.78 is 0. The Morgan fingerprint density at radius 2 is 1.32 bits per heavy atom. The Morgan fingerprint density at radius 1 is 0.857 bits per heavy atom. The molecule has 4 nitrogen and oxygen atoms in total. The molecule has 0 bridgehead atoms. The van der Waals surface area contributed by atoms with Gasteiger partial charge < -0.3 is 0 Å². The zero-order valence-electron chi connectivity index (χ0n) is 16.3. The van der Waals surface area contributed by atoms with Crippen LogP contribution in [0.5, 0.6) is 0 Å². The number of hydrogen-bond acceptors (Lipinski definition) is 4. The van der Waals surface area contributed by atoms with Gasteiger partial charge in [0, 0.05) is 0 Å². The SMILES string of the molecule is CCCCCC(NN)(C(=O)C=Cc1ccccc1)C(=O)C=Cc1ccccc1. The largest absolute Gasteiger partial charge is 0.292 e. The van der Waals surface area contributed by atoms with Crippen molar-refractivity contribution in [2.75, 3.05) is 0 Å². The maximum atomic E-state index is 13.0. The van der Waals surface area contributed by atoms with Crippen LogP contribution in [0.15, 0.2) is 72.8 Å². The molecule has 0 fully saturated rings. The number of rotatable bonds is 11. The van der Waals surface area contributed by atoms with Gasteiger partial charge in [0.2, 0.25) is 0 Å². The summed E-state index contributed by atoms with van der Waals surface area (Å²) in [5.41, 5.74) is 2.87. The highest BCUT2D eigenvalue weighted by Crippen LogP contribution is 2.20. The van der Waals surface area contributed by atoms with Crippen LogP contribution in [0.1, 0.15) is 43.7 Å². The fourth-order valence-electron chi connectivity index (χ4n) is 2.98. The minimum atomic E-state index is -1.45. The molecule has 146 valence electrons. The molecule has 0 heterocycles. The van der Waals surface area contributed by atoms with Crippen LogP contribution in [0.3, 0.4) is 0 Å². The van der Waals surface area contributed by atoms with Crippen molar-refractivity contribution in [3.8, 4) is 0 Å². The minimum Gasteiger partial charge on any atom is -0.292 e. The molecule has 0 aliphatic heterocycles. The van der Waals surface area contributed by atoms with Crippen molar-refractivity contribution in [1.82, 2.24) is 5.43 Å². The molecule has 2 aromatic carbocycles. The summed E-state index contributed by atoms with van der Waals surface area (Å²) >= 11 is 0. The van der Waals surface area contributed by atoms with Crippen molar-refractivity contribution in [3.63, 3.8) is 0 Å². The molecule has 0 amide bonds. The number of nitrogens with one attached hydrogen (secondary N) is 1. The van der Waals surface area contributed by atoms with Gasteiger partial charge >= 0.3 is 0 Å². The standard InChI is InChI=1S/C24H28N2O2/c1-2-3-10-19-24(26-25,22(27)17-15-20-11-6-4-7-12-20)23(28)18-16-21-13-8-5-9-14-21/h4-9,11-18,26H,2-3,10,19,25H2,1H3. The average molecular weight is 377 g/mol. The van der Waals surface area contributed by atoms with Crippen molar-refractivity contribution in [2.24, 2.45) is 5.84 Å². The number of nitrogens with two attached hydrogens (primary N) is 1. The summed E-state index contributed by atoms with van der Waals surface area (Å²) in [6, 6.07) is 19.0. The summed E-state index contributed by atoms with van der Waals surface area (Å²) in [5, 5.41) is 0. The van der Waals surface area contributed by atoms with Crippen LogP contribution in [0, 0.1) is 0 Å². The Hall–Kier alpha value is -2.82. The van der Waals surface area contributed by atoms with E-state index in [-0.39, 0.29) is 11.6 Å². The Kier molecular flexibility index (Phi) is 8.53. The molecular weight excluding hydrogens is 348 g/mol. The van der Waals surface area contributed by atoms with Gasteiger partial charge in [-0.3, -0.25) is 15.4 Å². The molecule has 0 radical (unpaired) electrons. The van der Waals surface area contributed by atoms with E-state index in [0.717, 1.165) is 30.4 Å². The van der Waals surface area contributed by atoms with Crippen LogP contribution in [-0.2, 0) is 9.59 Å². The average Bonchev–Trinajstić information content (AvgIpc) is 2.75. The molecule has 2 rings (SSSR count). The molecule has 0 unspecified atom stereocenters. The molecule has 0 spiro atoms. The van der Waals surface area contributed by atoms with E-state index in [1.54, 1.807) is 12.2 Å². The molecule has 0 atom stereocenters. The number of hydrazine groups is 1. The fraction of sp³-hybridized carbons (Fsp3) is 0.250. The highest BCUT2D eigenvalue weighted by atomic mass is 16.2. The zero-order valence-corrected chi connectivity index (χ0v) is 16.3.